The first kappa shape index (κ1) is 11.4. The minimum atomic E-state index is -0.517. The molecule has 4 heteroatoms. The van der Waals surface area contributed by atoms with Crippen molar-refractivity contribution in [2.75, 3.05) is 26.4 Å². The van der Waals surface area contributed by atoms with Crippen molar-refractivity contribution in [3.8, 4) is 6.07 Å². The lowest BCUT2D eigenvalue weighted by Crippen LogP contribution is -2.24. The van der Waals surface area contributed by atoms with Crippen molar-refractivity contribution in [3.63, 3.8) is 0 Å². The molecule has 0 aromatic heterocycles. The van der Waals surface area contributed by atoms with Crippen LogP contribution in [0, 0.1) is 11.3 Å². The van der Waals surface area contributed by atoms with E-state index in [1.807, 2.05) is 13.0 Å². The fourth-order valence-electron chi connectivity index (χ4n) is 0.612. The Morgan fingerprint density at radius 2 is 2.00 bits per heavy atom. The number of ether oxygens (including phenoxy) is 2. The van der Waals surface area contributed by atoms with Crippen LogP contribution >= 0.6 is 0 Å². The highest BCUT2D eigenvalue weighted by molar-refractivity contribution is 4.85. The topological polar surface area (TPSA) is 68.3 Å². The van der Waals surface area contributed by atoms with Gasteiger partial charge >= 0.3 is 0 Å². The molecule has 0 spiro atoms. The van der Waals surface area contributed by atoms with Crippen LogP contribution in [0.4, 0.5) is 0 Å². The van der Waals surface area contributed by atoms with Crippen LogP contribution in [0.3, 0.4) is 0 Å². The van der Waals surface area contributed by atoms with Gasteiger partial charge in [0.15, 0.2) is 0 Å². The maximum Gasteiger partial charge on any atom is 0.116 e. The van der Waals surface area contributed by atoms with Crippen molar-refractivity contribution in [1.29, 1.82) is 5.26 Å². The highest BCUT2D eigenvalue weighted by Gasteiger charge is 1.97. The van der Waals surface area contributed by atoms with Gasteiger partial charge < -0.3 is 15.2 Å². The van der Waals surface area contributed by atoms with Gasteiger partial charge in [0, 0.05) is 6.61 Å². The van der Waals surface area contributed by atoms with E-state index in [-0.39, 0.29) is 6.61 Å². The van der Waals surface area contributed by atoms with Gasteiger partial charge in [-0.25, -0.2) is 0 Å². The van der Waals surface area contributed by atoms with Crippen molar-refractivity contribution in [1.82, 2.24) is 0 Å². The Balaban J connectivity index is 2.96. The molecular formula is C8H16N2O2. The maximum atomic E-state index is 8.29. The van der Waals surface area contributed by atoms with E-state index in [0.29, 0.717) is 13.2 Å². The van der Waals surface area contributed by atoms with Crippen LogP contribution in [0.1, 0.15) is 13.3 Å². The van der Waals surface area contributed by atoms with Crippen LogP contribution in [0.5, 0.6) is 0 Å². The second kappa shape index (κ2) is 8.47. The molecule has 70 valence electrons. The summed E-state index contributed by atoms with van der Waals surface area (Å²) in [5, 5.41) is 8.29. The molecule has 0 aromatic carbocycles. The van der Waals surface area contributed by atoms with Crippen molar-refractivity contribution >= 4 is 0 Å². The highest BCUT2D eigenvalue weighted by atomic mass is 16.5. The number of rotatable bonds is 7. The minimum absolute atomic E-state index is 0.284. The zero-order chi connectivity index (χ0) is 9.23. The van der Waals surface area contributed by atoms with Gasteiger partial charge in [-0.3, -0.25) is 0 Å². The molecule has 1 unspecified atom stereocenters. The SMILES string of the molecule is CCCOCCOCC(N)C#N. The quantitative estimate of drug-likeness (QED) is 0.560. The Kier molecular flexibility index (Phi) is 8.02. The number of hydrogen-bond acceptors (Lipinski definition) is 4. The fraction of sp³-hybridized carbons (Fsp3) is 0.875. The third-order valence-corrected chi connectivity index (χ3v) is 1.18. The molecule has 2 N–H and O–H groups in total. The predicted octanol–water partition coefficient (Wildman–Crippen LogP) is 0.280. The molecule has 1 atom stereocenters. The smallest absolute Gasteiger partial charge is 0.116 e. The molecule has 0 rings (SSSR count). The molecule has 0 radical (unpaired) electrons. The maximum absolute atomic E-state index is 8.29. The van der Waals surface area contributed by atoms with Crippen molar-refractivity contribution < 1.29 is 9.47 Å². The van der Waals surface area contributed by atoms with E-state index in [0.717, 1.165) is 13.0 Å². The molecule has 0 saturated carbocycles. The van der Waals surface area contributed by atoms with Gasteiger partial charge in [-0.2, -0.15) is 5.26 Å². The number of nitriles is 1. The summed E-state index contributed by atoms with van der Waals surface area (Å²) in [7, 11) is 0. The summed E-state index contributed by atoms with van der Waals surface area (Å²) in [5.74, 6) is 0. The van der Waals surface area contributed by atoms with E-state index >= 15 is 0 Å². The zero-order valence-corrected chi connectivity index (χ0v) is 7.45. The van der Waals surface area contributed by atoms with Gasteiger partial charge in [0.2, 0.25) is 0 Å². The number of nitrogens with zero attached hydrogens (tertiary/aromatic N) is 1. The molecule has 0 aliphatic heterocycles. The molecule has 0 aromatic rings. The zero-order valence-electron chi connectivity index (χ0n) is 7.45. The summed E-state index contributed by atoms with van der Waals surface area (Å²) < 4.78 is 10.2. The van der Waals surface area contributed by atoms with Gasteiger partial charge in [-0.05, 0) is 6.42 Å². The fourth-order valence-corrected chi connectivity index (χ4v) is 0.612. The van der Waals surface area contributed by atoms with E-state index in [2.05, 4.69) is 0 Å². The summed E-state index contributed by atoms with van der Waals surface area (Å²) in [5.41, 5.74) is 5.29. The van der Waals surface area contributed by atoms with Crippen LogP contribution in [0.15, 0.2) is 0 Å². The van der Waals surface area contributed by atoms with Gasteiger partial charge in [-0.15, -0.1) is 0 Å². The van der Waals surface area contributed by atoms with Gasteiger partial charge in [0.1, 0.15) is 6.04 Å². The first-order valence-corrected chi connectivity index (χ1v) is 4.12. The van der Waals surface area contributed by atoms with Crippen molar-refractivity contribution in [2.24, 2.45) is 5.73 Å². The molecular weight excluding hydrogens is 156 g/mol. The second-order valence-corrected chi connectivity index (χ2v) is 2.42. The number of hydrogen-bond donors (Lipinski definition) is 1. The molecule has 0 aliphatic carbocycles. The molecule has 0 amide bonds. The van der Waals surface area contributed by atoms with Crippen LogP contribution in [-0.2, 0) is 9.47 Å². The third-order valence-electron chi connectivity index (χ3n) is 1.18. The lowest BCUT2D eigenvalue weighted by Gasteiger charge is -2.05. The van der Waals surface area contributed by atoms with Crippen LogP contribution in [-0.4, -0.2) is 32.5 Å². The summed E-state index contributed by atoms with van der Waals surface area (Å²) in [6.07, 6.45) is 1.01. The first-order valence-electron chi connectivity index (χ1n) is 4.12. The van der Waals surface area contributed by atoms with E-state index in [1.54, 1.807) is 0 Å². The monoisotopic (exact) mass is 172 g/mol. The molecule has 12 heavy (non-hydrogen) atoms. The van der Waals surface area contributed by atoms with Crippen LogP contribution < -0.4 is 5.73 Å². The van der Waals surface area contributed by atoms with E-state index in [4.69, 9.17) is 20.5 Å². The summed E-state index contributed by atoms with van der Waals surface area (Å²) in [6, 6.07) is 1.36. The van der Waals surface area contributed by atoms with Crippen LogP contribution in [0.2, 0.25) is 0 Å². The molecule has 0 fully saturated rings. The molecule has 4 nitrogen and oxygen atoms in total. The van der Waals surface area contributed by atoms with Gasteiger partial charge in [0.05, 0.1) is 25.9 Å². The standard InChI is InChI=1S/C8H16N2O2/c1-2-3-11-4-5-12-7-8(10)6-9/h8H,2-5,7,10H2,1H3. The average Bonchev–Trinajstić information content (AvgIpc) is 2.10. The summed E-state index contributed by atoms with van der Waals surface area (Å²) in [6.45, 7) is 4.17. The molecule has 0 bridgehead atoms. The van der Waals surface area contributed by atoms with Gasteiger partial charge in [0.25, 0.3) is 0 Å². The Morgan fingerprint density at radius 3 is 2.58 bits per heavy atom. The van der Waals surface area contributed by atoms with E-state index in [1.165, 1.54) is 0 Å². The number of nitrogens with two attached hydrogens (primary N) is 1. The van der Waals surface area contributed by atoms with Gasteiger partial charge in [-0.1, -0.05) is 6.92 Å². The lowest BCUT2D eigenvalue weighted by atomic mass is 10.4. The van der Waals surface area contributed by atoms with Crippen molar-refractivity contribution in [3.05, 3.63) is 0 Å². The molecule has 0 saturated heterocycles. The Morgan fingerprint density at radius 1 is 1.33 bits per heavy atom. The summed E-state index contributed by atoms with van der Waals surface area (Å²) in [4.78, 5) is 0. The second-order valence-electron chi connectivity index (χ2n) is 2.42. The largest absolute Gasteiger partial charge is 0.379 e. The third kappa shape index (κ3) is 7.48. The Hall–Kier alpha value is -0.630. The molecule has 0 aliphatic rings. The van der Waals surface area contributed by atoms with Crippen molar-refractivity contribution in [2.45, 2.75) is 19.4 Å². The lowest BCUT2D eigenvalue weighted by molar-refractivity contribution is 0.0468. The van der Waals surface area contributed by atoms with E-state index < -0.39 is 6.04 Å². The predicted molar refractivity (Wildman–Crippen MR) is 45.5 cm³/mol. The average molecular weight is 172 g/mol. The Bertz CT molecular complexity index is 134. The Labute approximate surface area is 73.3 Å². The molecule has 0 heterocycles. The summed E-state index contributed by atoms with van der Waals surface area (Å²) >= 11 is 0. The van der Waals surface area contributed by atoms with E-state index in [9.17, 15) is 0 Å². The highest BCUT2D eigenvalue weighted by Crippen LogP contribution is 1.83. The normalized spacial score (nSPS) is 12.4. The minimum Gasteiger partial charge on any atom is -0.379 e. The van der Waals surface area contributed by atoms with Crippen LogP contribution in [0.25, 0.3) is 0 Å². The first-order chi connectivity index (χ1) is 5.81.